The van der Waals surface area contributed by atoms with Gasteiger partial charge in [0.05, 0.1) is 18.3 Å². The molecule has 108 valence electrons. The maximum absolute atomic E-state index is 4.37. The largest absolute Gasteiger partial charge is 0.340 e. The van der Waals surface area contributed by atoms with Gasteiger partial charge in [0.25, 0.3) is 0 Å². The number of nitrogens with one attached hydrogen (secondary N) is 1. The Balaban J connectivity index is 1.61. The predicted molar refractivity (Wildman–Crippen MR) is 82.0 cm³/mol. The van der Waals surface area contributed by atoms with Crippen molar-refractivity contribution in [3.05, 3.63) is 66.8 Å². The standard InChI is InChI=1S/C16H19N5/c1-13(16-10-20(2)12-19-16)18-9-14-3-5-15(6-4-14)21-8-7-17-11-21/h3-8,10-13,18H,9H2,1-2H3. The molecule has 1 atom stereocenters. The minimum atomic E-state index is 0.236. The zero-order valence-electron chi connectivity index (χ0n) is 12.3. The summed E-state index contributed by atoms with van der Waals surface area (Å²) < 4.78 is 3.96. The first-order valence-corrected chi connectivity index (χ1v) is 7.01. The minimum absolute atomic E-state index is 0.236. The van der Waals surface area contributed by atoms with Crippen LogP contribution in [0.25, 0.3) is 5.69 Å². The smallest absolute Gasteiger partial charge is 0.0991 e. The van der Waals surface area contributed by atoms with E-state index in [9.17, 15) is 0 Å². The van der Waals surface area contributed by atoms with Crippen LogP contribution in [0.5, 0.6) is 0 Å². The molecule has 2 aromatic heterocycles. The van der Waals surface area contributed by atoms with Gasteiger partial charge < -0.3 is 14.5 Å². The van der Waals surface area contributed by atoms with Crippen LogP contribution in [0.3, 0.4) is 0 Å². The SMILES string of the molecule is CC(NCc1ccc(-n2ccnc2)cc1)c1cn(C)cn1. The second kappa shape index (κ2) is 5.93. The van der Waals surface area contributed by atoms with Crippen LogP contribution < -0.4 is 5.32 Å². The van der Waals surface area contributed by atoms with Crippen LogP contribution >= 0.6 is 0 Å². The summed E-state index contributed by atoms with van der Waals surface area (Å²) in [5.74, 6) is 0. The molecule has 0 spiro atoms. The van der Waals surface area contributed by atoms with Gasteiger partial charge in [0, 0.05) is 43.9 Å². The van der Waals surface area contributed by atoms with Crippen molar-refractivity contribution < 1.29 is 0 Å². The Hall–Kier alpha value is -2.40. The Morgan fingerprint density at radius 1 is 1.19 bits per heavy atom. The van der Waals surface area contributed by atoms with E-state index in [1.165, 1.54) is 5.56 Å². The molecule has 0 fully saturated rings. The van der Waals surface area contributed by atoms with Gasteiger partial charge in [-0.3, -0.25) is 0 Å². The number of aromatic nitrogens is 4. The van der Waals surface area contributed by atoms with E-state index in [2.05, 4.69) is 46.5 Å². The Labute approximate surface area is 124 Å². The highest BCUT2D eigenvalue weighted by molar-refractivity contribution is 5.34. The normalized spacial score (nSPS) is 12.5. The van der Waals surface area contributed by atoms with E-state index in [0.717, 1.165) is 17.9 Å². The predicted octanol–water partition coefficient (Wildman–Crippen LogP) is 2.46. The Morgan fingerprint density at radius 2 is 2.00 bits per heavy atom. The summed E-state index contributed by atoms with van der Waals surface area (Å²) in [4.78, 5) is 8.42. The molecule has 21 heavy (non-hydrogen) atoms. The molecule has 1 aromatic carbocycles. The van der Waals surface area contributed by atoms with E-state index < -0.39 is 0 Å². The van der Waals surface area contributed by atoms with E-state index >= 15 is 0 Å². The molecule has 2 heterocycles. The summed E-state index contributed by atoms with van der Waals surface area (Å²) in [6.45, 7) is 2.95. The van der Waals surface area contributed by atoms with Gasteiger partial charge in [0.15, 0.2) is 0 Å². The van der Waals surface area contributed by atoms with Gasteiger partial charge in [-0.15, -0.1) is 0 Å². The monoisotopic (exact) mass is 281 g/mol. The average Bonchev–Trinajstić information content (AvgIpc) is 3.16. The van der Waals surface area contributed by atoms with Crippen molar-refractivity contribution in [1.82, 2.24) is 24.4 Å². The van der Waals surface area contributed by atoms with Crippen LogP contribution in [0.1, 0.15) is 24.2 Å². The van der Waals surface area contributed by atoms with Crippen molar-refractivity contribution in [2.45, 2.75) is 19.5 Å². The minimum Gasteiger partial charge on any atom is -0.340 e. The average molecular weight is 281 g/mol. The first kappa shape index (κ1) is 13.6. The second-order valence-electron chi connectivity index (χ2n) is 5.20. The van der Waals surface area contributed by atoms with Gasteiger partial charge in [-0.2, -0.15) is 0 Å². The molecule has 0 aliphatic rings. The highest BCUT2D eigenvalue weighted by Crippen LogP contribution is 2.12. The number of rotatable bonds is 5. The molecule has 0 bridgehead atoms. The molecular weight excluding hydrogens is 262 g/mol. The highest BCUT2D eigenvalue weighted by Gasteiger charge is 2.07. The fourth-order valence-corrected chi connectivity index (χ4v) is 2.23. The maximum atomic E-state index is 4.37. The molecule has 0 aliphatic heterocycles. The topological polar surface area (TPSA) is 47.7 Å². The third kappa shape index (κ3) is 3.20. The molecule has 3 rings (SSSR count). The fourth-order valence-electron chi connectivity index (χ4n) is 2.23. The molecule has 0 radical (unpaired) electrons. The van der Waals surface area contributed by atoms with E-state index in [4.69, 9.17) is 0 Å². The van der Waals surface area contributed by atoms with Crippen molar-refractivity contribution in [3.8, 4) is 5.69 Å². The van der Waals surface area contributed by atoms with Crippen LogP contribution in [0.4, 0.5) is 0 Å². The van der Waals surface area contributed by atoms with Crippen LogP contribution in [-0.4, -0.2) is 19.1 Å². The van der Waals surface area contributed by atoms with Crippen molar-refractivity contribution in [1.29, 1.82) is 0 Å². The molecule has 1 N–H and O–H groups in total. The van der Waals surface area contributed by atoms with E-state index in [1.807, 2.05) is 34.9 Å². The lowest BCUT2D eigenvalue weighted by Crippen LogP contribution is -2.18. The Bertz CT molecular complexity index is 682. The third-order valence-electron chi connectivity index (χ3n) is 3.52. The number of hydrogen-bond donors (Lipinski definition) is 1. The van der Waals surface area contributed by atoms with Crippen molar-refractivity contribution in [3.63, 3.8) is 0 Å². The van der Waals surface area contributed by atoms with Gasteiger partial charge in [-0.25, -0.2) is 9.97 Å². The summed E-state index contributed by atoms with van der Waals surface area (Å²) in [5.41, 5.74) is 3.43. The van der Waals surface area contributed by atoms with Gasteiger partial charge >= 0.3 is 0 Å². The summed E-state index contributed by atoms with van der Waals surface area (Å²) >= 11 is 0. The molecule has 0 saturated heterocycles. The van der Waals surface area contributed by atoms with Gasteiger partial charge in [-0.05, 0) is 24.6 Å². The summed E-state index contributed by atoms with van der Waals surface area (Å²) in [6.07, 6.45) is 9.39. The number of imidazole rings is 2. The number of nitrogens with zero attached hydrogens (tertiary/aromatic N) is 4. The molecule has 3 aromatic rings. The first-order chi connectivity index (χ1) is 10.2. The van der Waals surface area contributed by atoms with E-state index in [-0.39, 0.29) is 6.04 Å². The first-order valence-electron chi connectivity index (χ1n) is 7.01. The number of hydrogen-bond acceptors (Lipinski definition) is 3. The summed E-state index contributed by atoms with van der Waals surface area (Å²) in [6, 6.07) is 8.70. The lowest BCUT2D eigenvalue weighted by molar-refractivity contribution is 0.563. The molecule has 5 nitrogen and oxygen atoms in total. The number of aryl methyl sites for hydroxylation is 1. The van der Waals surface area contributed by atoms with Crippen molar-refractivity contribution >= 4 is 0 Å². The lowest BCUT2D eigenvalue weighted by Gasteiger charge is -2.12. The summed E-state index contributed by atoms with van der Waals surface area (Å²) in [5, 5.41) is 3.49. The van der Waals surface area contributed by atoms with E-state index in [0.29, 0.717) is 0 Å². The quantitative estimate of drug-likeness (QED) is 0.781. The van der Waals surface area contributed by atoms with Crippen LogP contribution in [0, 0.1) is 0 Å². The van der Waals surface area contributed by atoms with E-state index in [1.54, 1.807) is 12.5 Å². The maximum Gasteiger partial charge on any atom is 0.0991 e. The molecule has 0 amide bonds. The lowest BCUT2D eigenvalue weighted by atomic mass is 10.2. The van der Waals surface area contributed by atoms with Gasteiger partial charge in [-0.1, -0.05) is 12.1 Å². The molecule has 5 heteroatoms. The molecule has 0 aliphatic carbocycles. The Kier molecular flexibility index (Phi) is 3.83. The van der Waals surface area contributed by atoms with Crippen LogP contribution in [0.2, 0.25) is 0 Å². The molecule has 0 saturated carbocycles. The zero-order valence-corrected chi connectivity index (χ0v) is 12.3. The Morgan fingerprint density at radius 3 is 2.62 bits per heavy atom. The van der Waals surface area contributed by atoms with Gasteiger partial charge in [0.1, 0.15) is 0 Å². The fraction of sp³-hybridized carbons (Fsp3) is 0.250. The molecule has 1 unspecified atom stereocenters. The third-order valence-corrected chi connectivity index (χ3v) is 3.52. The second-order valence-corrected chi connectivity index (χ2v) is 5.20. The van der Waals surface area contributed by atoms with Crippen molar-refractivity contribution in [2.24, 2.45) is 7.05 Å². The molecular formula is C16H19N5. The summed E-state index contributed by atoms with van der Waals surface area (Å²) in [7, 11) is 1.98. The zero-order chi connectivity index (χ0) is 14.7. The highest BCUT2D eigenvalue weighted by atomic mass is 15.0. The van der Waals surface area contributed by atoms with Crippen LogP contribution in [0.15, 0.2) is 55.5 Å². The number of benzene rings is 1. The van der Waals surface area contributed by atoms with Crippen LogP contribution in [-0.2, 0) is 13.6 Å². The van der Waals surface area contributed by atoms with Gasteiger partial charge in [0.2, 0.25) is 0 Å². The van der Waals surface area contributed by atoms with Crippen molar-refractivity contribution in [2.75, 3.05) is 0 Å².